The summed E-state index contributed by atoms with van der Waals surface area (Å²) < 4.78 is 0. The van der Waals surface area contributed by atoms with Crippen LogP contribution in [-0.2, 0) is 0 Å². The molecule has 0 aliphatic heterocycles. The first kappa shape index (κ1) is 9.62. The monoisotopic (exact) mass is 246 g/mol. The predicted octanol–water partition coefficient (Wildman–Crippen LogP) is 3.45. The van der Waals surface area contributed by atoms with E-state index in [0.29, 0.717) is 10.4 Å². The van der Waals surface area contributed by atoms with Gasteiger partial charge in [-0.25, -0.2) is 0 Å². The van der Waals surface area contributed by atoms with Gasteiger partial charge in [0.2, 0.25) is 0 Å². The first-order chi connectivity index (χ1) is 5.65. The summed E-state index contributed by atoms with van der Waals surface area (Å²) in [4.78, 5) is 0. The molecule has 0 saturated carbocycles. The minimum Gasteiger partial charge on any atom is -0.508 e. The smallest absolute Gasteiger partial charge is 0.117 e. The molecule has 0 aliphatic rings. The predicted molar refractivity (Wildman–Crippen MR) is 55.9 cm³/mol. The van der Waals surface area contributed by atoms with Gasteiger partial charge in [-0.1, -0.05) is 34.1 Å². The van der Waals surface area contributed by atoms with Crippen molar-refractivity contribution in [2.45, 2.75) is 0 Å². The Labute approximate surface area is 84.8 Å². The number of phenolic OH excluding ortho intramolecular Hbond substituents is 1. The van der Waals surface area contributed by atoms with Crippen molar-refractivity contribution in [3.05, 3.63) is 35.4 Å². The molecule has 0 aromatic heterocycles. The van der Waals surface area contributed by atoms with Crippen LogP contribution in [-0.4, -0.2) is 10.4 Å². The highest BCUT2D eigenvalue weighted by Gasteiger charge is 2.03. The summed E-state index contributed by atoms with van der Waals surface area (Å²) in [5.74, 6) is 0.172. The summed E-state index contributed by atoms with van der Waals surface area (Å²) in [5, 5.41) is 10.3. The van der Waals surface area contributed by atoms with Crippen molar-refractivity contribution < 1.29 is 5.11 Å². The fraction of sp³-hybridized carbons (Fsp3) is 0.111. The van der Waals surface area contributed by atoms with Crippen LogP contribution in [0.15, 0.2) is 24.8 Å². The molecule has 12 heavy (non-hydrogen) atoms. The van der Waals surface area contributed by atoms with Gasteiger partial charge in [0.05, 0.1) is 5.02 Å². The second-order valence-corrected chi connectivity index (χ2v) is 3.37. The Morgan fingerprint density at radius 2 is 2.25 bits per heavy atom. The molecule has 3 heteroatoms. The van der Waals surface area contributed by atoms with Crippen LogP contribution in [0.2, 0.25) is 5.02 Å². The van der Waals surface area contributed by atoms with Gasteiger partial charge in [0, 0.05) is 5.33 Å². The van der Waals surface area contributed by atoms with E-state index in [0.717, 1.165) is 11.1 Å². The zero-order valence-electron chi connectivity index (χ0n) is 6.35. The van der Waals surface area contributed by atoms with Crippen LogP contribution < -0.4 is 0 Å². The molecular weight excluding hydrogens is 239 g/mol. The van der Waals surface area contributed by atoms with Crippen molar-refractivity contribution in [2.24, 2.45) is 0 Å². The second kappa shape index (κ2) is 3.97. The molecule has 0 unspecified atom stereocenters. The molecule has 1 rings (SSSR count). The number of rotatable bonds is 2. The second-order valence-electron chi connectivity index (χ2n) is 2.40. The van der Waals surface area contributed by atoms with Gasteiger partial charge in [-0.2, -0.15) is 0 Å². The lowest BCUT2D eigenvalue weighted by atomic mass is 10.1. The Morgan fingerprint density at radius 3 is 2.75 bits per heavy atom. The van der Waals surface area contributed by atoms with Crippen LogP contribution in [0.1, 0.15) is 5.56 Å². The molecule has 1 N–H and O–H groups in total. The molecule has 0 saturated heterocycles. The summed E-state index contributed by atoms with van der Waals surface area (Å²) in [7, 11) is 0. The number of aromatic hydroxyl groups is 1. The summed E-state index contributed by atoms with van der Waals surface area (Å²) in [6, 6.07) is 4.85. The molecule has 0 fully saturated rings. The number of hydrogen-bond donors (Lipinski definition) is 1. The fourth-order valence-corrected chi connectivity index (χ4v) is 1.47. The van der Waals surface area contributed by atoms with Crippen molar-refractivity contribution in [1.29, 1.82) is 0 Å². The third-order valence-corrected chi connectivity index (χ3v) is 2.48. The third kappa shape index (κ3) is 2.02. The molecule has 0 heterocycles. The number of halogens is 2. The Balaban J connectivity index is 3.09. The topological polar surface area (TPSA) is 20.2 Å². The average Bonchev–Trinajstić information content (AvgIpc) is 2.03. The van der Waals surface area contributed by atoms with Crippen LogP contribution in [0, 0.1) is 0 Å². The van der Waals surface area contributed by atoms with Gasteiger partial charge in [0.25, 0.3) is 0 Å². The molecule has 1 aromatic carbocycles. The molecule has 1 nitrogen and oxygen atoms in total. The van der Waals surface area contributed by atoms with E-state index >= 15 is 0 Å². The van der Waals surface area contributed by atoms with Gasteiger partial charge in [0.15, 0.2) is 0 Å². The van der Waals surface area contributed by atoms with Crippen LogP contribution in [0.4, 0.5) is 0 Å². The number of phenols is 1. The Kier molecular flexibility index (Phi) is 3.18. The maximum atomic E-state index is 9.07. The normalized spacial score (nSPS) is 9.83. The van der Waals surface area contributed by atoms with E-state index in [2.05, 4.69) is 22.5 Å². The molecule has 64 valence electrons. The molecule has 0 amide bonds. The first-order valence-corrected chi connectivity index (χ1v) is 4.87. The van der Waals surface area contributed by atoms with Crippen molar-refractivity contribution in [3.63, 3.8) is 0 Å². The van der Waals surface area contributed by atoms with Crippen LogP contribution in [0.25, 0.3) is 5.57 Å². The van der Waals surface area contributed by atoms with E-state index in [1.165, 1.54) is 6.07 Å². The van der Waals surface area contributed by atoms with E-state index < -0.39 is 0 Å². The highest BCUT2D eigenvalue weighted by Crippen LogP contribution is 2.27. The molecule has 0 atom stereocenters. The highest BCUT2D eigenvalue weighted by molar-refractivity contribution is 9.09. The molecule has 1 aromatic rings. The number of allylic oxidation sites excluding steroid dienone is 1. The van der Waals surface area contributed by atoms with Crippen LogP contribution in [0.3, 0.4) is 0 Å². The zero-order chi connectivity index (χ0) is 9.14. The third-order valence-electron chi connectivity index (χ3n) is 1.49. The number of hydrogen-bond acceptors (Lipinski definition) is 1. The van der Waals surface area contributed by atoms with Gasteiger partial charge in [-0.05, 0) is 29.3 Å². The standard InChI is InChI=1S/C9H8BrClO/c1-6(5-10)8-3-2-7(12)4-9(8)11/h2-4,12H,1,5H2. The van der Waals surface area contributed by atoms with Gasteiger partial charge in [-0.15, -0.1) is 0 Å². The van der Waals surface area contributed by atoms with E-state index in [1.807, 2.05) is 0 Å². The fourth-order valence-electron chi connectivity index (χ4n) is 0.863. The minimum atomic E-state index is 0.172. The zero-order valence-corrected chi connectivity index (χ0v) is 8.69. The van der Waals surface area contributed by atoms with Crippen molar-refractivity contribution in [1.82, 2.24) is 0 Å². The van der Waals surface area contributed by atoms with E-state index in [1.54, 1.807) is 12.1 Å². The minimum absolute atomic E-state index is 0.172. The molecule has 0 bridgehead atoms. The Morgan fingerprint density at radius 1 is 1.58 bits per heavy atom. The maximum absolute atomic E-state index is 9.07. The van der Waals surface area contributed by atoms with Crippen LogP contribution >= 0.6 is 27.5 Å². The lowest BCUT2D eigenvalue weighted by Gasteiger charge is -2.04. The summed E-state index contributed by atoms with van der Waals surface area (Å²) in [5.41, 5.74) is 1.77. The lowest BCUT2D eigenvalue weighted by Crippen LogP contribution is -1.84. The van der Waals surface area contributed by atoms with Gasteiger partial charge >= 0.3 is 0 Å². The Hall–Kier alpha value is -0.470. The van der Waals surface area contributed by atoms with E-state index in [4.69, 9.17) is 16.7 Å². The molecule has 0 spiro atoms. The van der Waals surface area contributed by atoms with Gasteiger partial charge < -0.3 is 5.11 Å². The maximum Gasteiger partial charge on any atom is 0.117 e. The first-order valence-electron chi connectivity index (χ1n) is 3.37. The summed E-state index contributed by atoms with van der Waals surface area (Å²) >= 11 is 9.14. The number of alkyl halides is 1. The molecule has 0 radical (unpaired) electrons. The molecular formula is C9H8BrClO. The van der Waals surface area contributed by atoms with E-state index in [-0.39, 0.29) is 5.75 Å². The van der Waals surface area contributed by atoms with Crippen molar-refractivity contribution in [3.8, 4) is 5.75 Å². The van der Waals surface area contributed by atoms with Gasteiger partial charge in [0.1, 0.15) is 5.75 Å². The quantitative estimate of drug-likeness (QED) is 0.794. The SMILES string of the molecule is C=C(CBr)c1ccc(O)cc1Cl. The summed E-state index contributed by atoms with van der Waals surface area (Å²) in [6.07, 6.45) is 0. The number of benzene rings is 1. The lowest BCUT2D eigenvalue weighted by molar-refractivity contribution is 0.475. The Bertz CT molecular complexity index is 309. The van der Waals surface area contributed by atoms with Crippen molar-refractivity contribution >= 4 is 33.1 Å². The van der Waals surface area contributed by atoms with Gasteiger partial charge in [-0.3, -0.25) is 0 Å². The van der Waals surface area contributed by atoms with Crippen molar-refractivity contribution in [2.75, 3.05) is 5.33 Å². The average molecular weight is 248 g/mol. The summed E-state index contributed by atoms with van der Waals surface area (Å²) in [6.45, 7) is 3.82. The largest absolute Gasteiger partial charge is 0.508 e. The highest BCUT2D eigenvalue weighted by atomic mass is 79.9. The van der Waals surface area contributed by atoms with E-state index in [9.17, 15) is 0 Å². The molecule has 0 aliphatic carbocycles. The van der Waals surface area contributed by atoms with Crippen LogP contribution in [0.5, 0.6) is 5.75 Å².